The predicted molar refractivity (Wildman–Crippen MR) is 78.3 cm³/mol. The molecular weight excluding hydrogens is 284 g/mol. The van der Waals surface area contributed by atoms with Crippen LogP contribution < -0.4 is 0 Å². The molecule has 1 heterocycles. The second kappa shape index (κ2) is 5.87. The molecular formula is C16H18N2O4. The van der Waals surface area contributed by atoms with Gasteiger partial charge >= 0.3 is 0 Å². The minimum atomic E-state index is -0.174. The van der Waals surface area contributed by atoms with Crippen LogP contribution in [0.5, 0.6) is 0 Å². The fraction of sp³-hybridized carbons (Fsp3) is 0.500. The third-order valence-electron chi connectivity index (χ3n) is 4.22. The Labute approximate surface area is 127 Å². The summed E-state index contributed by atoms with van der Waals surface area (Å²) in [6.45, 7) is 0. The summed E-state index contributed by atoms with van der Waals surface area (Å²) < 4.78 is 5.20. The van der Waals surface area contributed by atoms with Gasteiger partial charge in [0.05, 0.1) is 16.8 Å². The Balaban J connectivity index is 1.78. The number of hydrogen-bond donors (Lipinski definition) is 2. The molecule has 0 spiro atoms. The first-order chi connectivity index (χ1) is 10.6. The monoisotopic (exact) mass is 302 g/mol. The number of allylic oxidation sites excluding steroid dienone is 2. The van der Waals surface area contributed by atoms with E-state index in [9.17, 15) is 14.7 Å². The first kappa shape index (κ1) is 14.7. The Hall–Kier alpha value is -2.24. The van der Waals surface area contributed by atoms with Crippen molar-refractivity contribution >= 4 is 17.3 Å². The highest BCUT2D eigenvalue weighted by molar-refractivity contribution is 6.23. The first-order valence-electron chi connectivity index (χ1n) is 7.61. The van der Waals surface area contributed by atoms with Crippen LogP contribution in [0, 0.1) is 5.41 Å². The van der Waals surface area contributed by atoms with E-state index in [-0.39, 0.29) is 35.0 Å². The van der Waals surface area contributed by atoms with Crippen LogP contribution >= 0.6 is 0 Å². The number of rotatable bonds is 3. The molecule has 2 N–H and O–H groups in total. The number of hydrogen-bond acceptors (Lipinski definition) is 6. The summed E-state index contributed by atoms with van der Waals surface area (Å²) >= 11 is 0. The lowest BCUT2D eigenvalue weighted by atomic mass is 9.89. The second-order valence-electron chi connectivity index (χ2n) is 5.78. The molecule has 0 aromatic carbocycles. The first-order valence-corrected chi connectivity index (χ1v) is 7.61. The molecule has 0 amide bonds. The van der Waals surface area contributed by atoms with E-state index in [2.05, 4.69) is 5.16 Å². The number of carbonyl (C=O) groups excluding carboxylic acids is 2. The maximum atomic E-state index is 12.0. The lowest BCUT2D eigenvalue weighted by molar-refractivity contribution is -0.115. The predicted octanol–water partition coefficient (Wildman–Crippen LogP) is 2.71. The van der Waals surface area contributed by atoms with Crippen molar-refractivity contribution in [2.75, 3.05) is 0 Å². The fourth-order valence-electron chi connectivity index (χ4n) is 3.10. The molecule has 0 saturated heterocycles. The molecule has 22 heavy (non-hydrogen) atoms. The second-order valence-corrected chi connectivity index (χ2v) is 5.78. The third kappa shape index (κ3) is 2.61. The smallest absolute Gasteiger partial charge is 0.168 e. The maximum Gasteiger partial charge on any atom is 0.168 e. The van der Waals surface area contributed by atoms with E-state index >= 15 is 0 Å². The number of aliphatic hydroxyl groups is 1. The summed E-state index contributed by atoms with van der Waals surface area (Å²) in [5.74, 6) is 0.410. The van der Waals surface area contributed by atoms with Crippen molar-refractivity contribution in [2.45, 2.75) is 51.4 Å². The minimum Gasteiger partial charge on any atom is -0.511 e. The van der Waals surface area contributed by atoms with E-state index in [4.69, 9.17) is 9.93 Å². The fourth-order valence-corrected chi connectivity index (χ4v) is 3.10. The van der Waals surface area contributed by atoms with Crippen molar-refractivity contribution in [2.24, 2.45) is 0 Å². The number of carbonyl (C=O) groups is 2. The van der Waals surface area contributed by atoms with Crippen LogP contribution in [0.3, 0.4) is 0 Å². The summed E-state index contributed by atoms with van der Waals surface area (Å²) in [5, 5.41) is 21.9. The Bertz CT molecular complexity index is 666. The molecule has 0 atom stereocenters. The summed E-state index contributed by atoms with van der Waals surface area (Å²) in [7, 11) is 0. The topological polar surface area (TPSA) is 104 Å². The minimum absolute atomic E-state index is 0.0335. The Kier molecular flexibility index (Phi) is 3.92. The zero-order chi connectivity index (χ0) is 15.7. The molecule has 0 unspecified atom stereocenters. The van der Waals surface area contributed by atoms with Crippen LogP contribution in [0.1, 0.15) is 60.3 Å². The molecule has 1 aromatic heterocycles. The molecule has 1 fully saturated rings. The van der Waals surface area contributed by atoms with Crippen molar-refractivity contribution in [3.8, 4) is 0 Å². The molecule has 2 aliphatic carbocycles. The number of aromatic nitrogens is 1. The number of aryl methyl sites for hydroxylation is 2. The van der Waals surface area contributed by atoms with E-state index in [0.717, 1.165) is 6.42 Å². The molecule has 6 nitrogen and oxygen atoms in total. The van der Waals surface area contributed by atoms with Gasteiger partial charge in [-0.25, -0.2) is 0 Å². The summed E-state index contributed by atoms with van der Waals surface area (Å²) in [5.41, 5.74) is 1.44. The summed E-state index contributed by atoms with van der Waals surface area (Å²) in [6, 6.07) is 0. The zero-order valence-corrected chi connectivity index (χ0v) is 12.3. The molecule has 116 valence electrons. The van der Waals surface area contributed by atoms with E-state index in [1.54, 1.807) is 0 Å². The SMILES string of the molecule is N=C1CCCC(=O)/C1=C(/O)CCc1noc2c1C(=O)CCC2. The highest BCUT2D eigenvalue weighted by Crippen LogP contribution is 2.27. The van der Waals surface area contributed by atoms with E-state index in [1.807, 2.05) is 0 Å². The van der Waals surface area contributed by atoms with Crippen LogP contribution in [0.15, 0.2) is 15.9 Å². The lowest BCUT2D eigenvalue weighted by Crippen LogP contribution is -2.20. The molecule has 0 aliphatic heterocycles. The van der Waals surface area contributed by atoms with Crippen LogP contribution in [0.2, 0.25) is 0 Å². The van der Waals surface area contributed by atoms with Crippen LogP contribution in [-0.4, -0.2) is 27.5 Å². The molecule has 6 heteroatoms. The van der Waals surface area contributed by atoms with Gasteiger partial charge in [-0.1, -0.05) is 5.16 Å². The van der Waals surface area contributed by atoms with E-state index in [1.165, 1.54) is 0 Å². The van der Waals surface area contributed by atoms with Crippen molar-refractivity contribution in [1.29, 1.82) is 5.41 Å². The van der Waals surface area contributed by atoms with Gasteiger partial charge in [-0.2, -0.15) is 0 Å². The lowest BCUT2D eigenvalue weighted by Gasteiger charge is -2.16. The van der Waals surface area contributed by atoms with Crippen molar-refractivity contribution < 1.29 is 19.2 Å². The molecule has 1 saturated carbocycles. The maximum absolute atomic E-state index is 12.0. The van der Waals surface area contributed by atoms with Gasteiger partial charge in [0.25, 0.3) is 0 Å². The van der Waals surface area contributed by atoms with Gasteiger partial charge in [0.15, 0.2) is 11.6 Å². The van der Waals surface area contributed by atoms with Gasteiger partial charge in [0.1, 0.15) is 11.5 Å². The normalized spacial score (nSPS) is 21.0. The number of Topliss-reactive ketones (excluding diaryl/α,β-unsaturated/α-hetero) is 2. The van der Waals surface area contributed by atoms with Crippen LogP contribution in [0.25, 0.3) is 0 Å². The summed E-state index contributed by atoms with van der Waals surface area (Å²) in [6.07, 6.45) is 4.07. The van der Waals surface area contributed by atoms with Gasteiger partial charge in [-0.05, 0) is 19.3 Å². The third-order valence-corrected chi connectivity index (χ3v) is 4.22. The number of ketones is 2. The van der Waals surface area contributed by atoms with Crippen molar-refractivity contribution in [3.05, 3.63) is 28.3 Å². The van der Waals surface area contributed by atoms with E-state index in [0.29, 0.717) is 55.5 Å². The summed E-state index contributed by atoms with van der Waals surface area (Å²) in [4.78, 5) is 23.8. The molecule has 0 bridgehead atoms. The van der Waals surface area contributed by atoms with Crippen molar-refractivity contribution in [3.63, 3.8) is 0 Å². The number of fused-ring (bicyclic) bond motifs is 1. The van der Waals surface area contributed by atoms with Crippen molar-refractivity contribution in [1.82, 2.24) is 5.16 Å². The number of nitrogens with one attached hydrogen (secondary N) is 1. The Morgan fingerprint density at radius 3 is 2.64 bits per heavy atom. The molecule has 1 aromatic rings. The average Bonchev–Trinajstić information content (AvgIpc) is 2.89. The molecule has 3 rings (SSSR count). The highest BCUT2D eigenvalue weighted by atomic mass is 16.5. The van der Waals surface area contributed by atoms with Gasteiger partial charge in [-0.15, -0.1) is 0 Å². The average molecular weight is 302 g/mol. The van der Waals surface area contributed by atoms with E-state index < -0.39 is 0 Å². The van der Waals surface area contributed by atoms with Crippen LogP contribution in [-0.2, 0) is 17.6 Å². The highest BCUT2D eigenvalue weighted by Gasteiger charge is 2.27. The Morgan fingerprint density at radius 2 is 1.86 bits per heavy atom. The van der Waals surface area contributed by atoms with Gasteiger partial charge < -0.3 is 15.0 Å². The quantitative estimate of drug-likeness (QED) is 0.660. The van der Waals surface area contributed by atoms with Gasteiger partial charge in [0, 0.05) is 37.8 Å². The van der Waals surface area contributed by atoms with Gasteiger partial charge in [0.2, 0.25) is 0 Å². The van der Waals surface area contributed by atoms with Gasteiger partial charge in [-0.3, -0.25) is 9.59 Å². The Morgan fingerprint density at radius 1 is 1.14 bits per heavy atom. The molecule has 0 radical (unpaired) electrons. The molecule has 2 aliphatic rings. The van der Waals surface area contributed by atoms with Crippen LogP contribution in [0.4, 0.5) is 0 Å². The zero-order valence-electron chi connectivity index (χ0n) is 12.3. The number of nitrogens with zero attached hydrogens (tertiary/aromatic N) is 1. The largest absolute Gasteiger partial charge is 0.511 e. The standard InChI is InChI=1S/C16H18N2O4/c17-9-3-1-4-11(19)15(9)13(21)8-7-10-16-12(20)5-2-6-14(16)22-18-10/h17,21H,1-8H2/b15-13+,17-9?. The number of aliphatic hydroxyl groups excluding tert-OH is 1.